The van der Waals surface area contributed by atoms with Crippen LogP contribution in [0.2, 0.25) is 0 Å². The van der Waals surface area contributed by atoms with Gasteiger partial charge < -0.3 is 4.74 Å². The zero-order chi connectivity index (χ0) is 11.3. The van der Waals surface area contributed by atoms with E-state index in [0.29, 0.717) is 12.2 Å². The highest BCUT2D eigenvalue weighted by atomic mass is 19.1. The number of hydrogen-bond donors (Lipinski definition) is 0. The Morgan fingerprint density at radius 3 is 2.73 bits per heavy atom. The van der Waals surface area contributed by atoms with Crippen LogP contribution in [0.1, 0.15) is 24.2 Å². The number of rotatable bonds is 4. The molecule has 0 atom stereocenters. The lowest BCUT2D eigenvalue weighted by molar-refractivity contribution is 0.102. The summed E-state index contributed by atoms with van der Waals surface area (Å²) in [7, 11) is 0. The Labute approximate surface area is 88.4 Å². The molecule has 2 nitrogen and oxygen atoms in total. The van der Waals surface area contributed by atoms with E-state index in [4.69, 9.17) is 4.74 Å². The van der Waals surface area contributed by atoms with E-state index in [-0.39, 0.29) is 11.3 Å². The maximum absolute atomic E-state index is 13.2. The molecule has 0 saturated carbocycles. The summed E-state index contributed by atoms with van der Waals surface area (Å²) >= 11 is 0. The van der Waals surface area contributed by atoms with Gasteiger partial charge in [-0.3, -0.25) is 4.79 Å². The molecule has 0 aromatic heterocycles. The molecule has 0 saturated heterocycles. The van der Waals surface area contributed by atoms with Crippen LogP contribution in [-0.2, 0) is 4.74 Å². The molecular weight excluding hydrogens is 195 g/mol. The van der Waals surface area contributed by atoms with Crippen LogP contribution in [0.3, 0.4) is 0 Å². The molecule has 0 aliphatic carbocycles. The van der Waals surface area contributed by atoms with E-state index < -0.39 is 5.82 Å². The third-order valence-corrected chi connectivity index (χ3v) is 1.90. The molecule has 15 heavy (non-hydrogen) atoms. The summed E-state index contributed by atoms with van der Waals surface area (Å²) in [6.07, 6.45) is 1.36. The molecule has 0 radical (unpaired) electrons. The minimum absolute atomic E-state index is 0.0750. The molecule has 0 heterocycles. The average molecular weight is 208 g/mol. The Hall–Kier alpha value is -1.64. The van der Waals surface area contributed by atoms with Crippen molar-refractivity contribution in [3.63, 3.8) is 0 Å². The van der Waals surface area contributed by atoms with Crippen LogP contribution in [0.15, 0.2) is 36.1 Å². The second-order valence-electron chi connectivity index (χ2n) is 3.07. The van der Waals surface area contributed by atoms with Gasteiger partial charge in [0.2, 0.25) is 0 Å². The molecule has 0 bridgehead atoms. The van der Waals surface area contributed by atoms with Gasteiger partial charge in [-0.05, 0) is 26.0 Å². The number of hydrogen-bond acceptors (Lipinski definition) is 2. The first-order chi connectivity index (χ1) is 7.16. The summed E-state index contributed by atoms with van der Waals surface area (Å²) in [4.78, 5) is 11.7. The summed E-state index contributed by atoms with van der Waals surface area (Å²) in [6.45, 7) is 3.91. The lowest BCUT2D eigenvalue weighted by atomic mass is 10.1. The fourth-order valence-electron chi connectivity index (χ4n) is 1.12. The van der Waals surface area contributed by atoms with Crippen molar-refractivity contribution < 1.29 is 13.9 Å². The molecular formula is C12H13FO2. The largest absolute Gasteiger partial charge is 0.501 e. The lowest BCUT2D eigenvalue weighted by Gasteiger charge is -2.02. The monoisotopic (exact) mass is 208 g/mol. The first kappa shape index (κ1) is 11.4. The van der Waals surface area contributed by atoms with Gasteiger partial charge in [0.05, 0.1) is 18.4 Å². The van der Waals surface area contributed by atoms with Gasteiger partial charge >= 0.3 is 0 Å². The van der Waals surface area contributed by atoms with Crippen LogP contribution in [-0.4, -0.2) is 12.4 Å². The van der Waals surface area contributed by atoms with Gasteiger partial charge in [-0.2, -0.15) is 0 Å². The van der Waals surface area contributed by atoms with Crippen LogP contribution < -0.4 is 0 Å². The van der Waals surface area contributed by atoms with Gasteiger partial charge in [0.25, 0.3) is 0 Å². The second kappa shape index (κ2) is 5.29. The molecule has 0 amide bonds. The maximum Gasteiger partial charge on any atom is 0.194 e. The van der Waals surface area contributed by atoms with E-state index in [2.05, 4.69) is 0 Å². The number of benzene rings is 1. The van der Waals surface area contributed by atoms with Crippen LogP contribution in [0.4, 0.5) is 4.39 Å². The Kier molecular flexibility index (Phi) is 4.03. The fraction of sp³-hybridized carbons (Fsp3) is 0.250. The SMILES string of the molecule is CCO/C=C(\C)C(=O)c1ccccc1F. The number of ether oxygens (including phenoxy) is 1. The van der Waals surface area contributed by atoms with Crippen molar-refractivity contribution in [3.8, 4) is 0 Å². The third-order valence-electron chi connectivity index (χ3n) is 1.90. The van der Waals surface area contributed by atoms with Crippen molar-refractivity contribution in [1.82, 2.24) is 0 Å². The van der Waals surface area contributed by atoms with Crippen molar-refractivity contribution in [3.05, 3.63) is 47.5 Å². The van der Waals surface area contributed by atoms with E-state index in [1.54, 1.807) is 19.1 Å². The smallest absolute Gasteiger partial charge is 0.194 e. The molecule has 1 rings (SSSR count). The van der Waals surface area contributed by atoms with E-state index in [0.717, 1.165) is 0 Å². The van der Waals surface area contributed by atoms with Gasteiger partial charge in [-0.15, -0.1) is 0 Å². The molecule has 1 aromatic rings. The van der Waals surface area contributed by atoms with Crippen molar-refractivity contribution in [2.75, 3.05) is 6.61 Å². The predicted octanol–water partition coefficient (Wildman–Crippen LogP) is 2.95. The van der Waals surface area contributed by atoms with Crippen molar-refractivity contribution in [2.45, 2.75) is 13.8 Å². The molecule has 0 N–H and O–H groups in total. The third kappa shape index (κ3) is 2.91. The molecule has 0 spiro atoms. The topological polar surface area (TPSA) is 26.3 Å². The summed E-state index contributed by atoms with van der Waals surface area (Å²) in [5, 5.41) is 0. The van der Waals surface area contributed by atoms with Crippen LogP contribution in [0.25, 0.3) is 0 Å². The van der Waals surface area contributed by atoms with Gasteiger partial charge in [0.1, 0.15) is 5.82 Å². The first-order valence-electron chi connectivity index (χ1n) is 4.74. The van der Waals surface area contributed by atoms with E-state index in [1.165, 1.54) is 18.4 Å². The predicted molar refractivity (Wildman–Crippen MR) is 56.1 cm³/mol. The number of carbonyl (C=O) groups excluding carboxylic acids is 1. The van der Waals surface area contributed by atoms with Crippen LogP contribution in [0.5, 0.6) is 0 Å². The molecule has 0 aliphatic heterocycles. The van der Waals surface area contributed by atoms with Crippen LogP contribution >= 0.6 is 0 Å². The number of halogens is 1. The Bertz CT molecular complexity index is 383. The number of ketones is 1. The molecule has 80 valence electrons. The molecule has 3 heteroatoms. The van der Waals surface area contributed by atoms with Gasteiger partial charge in [0.15, 0.2) is 5.78 Å². The minimum atomic E-state index is -0.508. The number of allylic oxidation sites excluding steroid dienone is 1. The zero-order valence-corrected chi connectivity index (χ0v) is 8.79. The van der Waals surface area contributed by atoms with Crippen molar-refractivity contribution in [1.29, 1.82) is 0 Å². The fourth-order valence-corrected chi connectivity index (χ4v) is 1.12. The van der Waals surface area contributed by atoms with Gasteiger partial charge in [0, 0.05) is 5.57 Å². The average Bonchev–Trinajstić information content (AvgIpc) is 2.25. The number of Topliss-reactive ketones (excluding diaryl/α,β-unsaturated/α-hetero) is 1. The Morgan fingerprint density at radius 2 is 2.13 bits per heavy atom. The second-order valence-corrected chi connectivity index (χ2v) is 3.07. The Balaban J connectivity index is 2.90. The van der Waals surface area contributed by atoms with E-state index >= 15 is 0 Å². The molecule has 1 aromatic carbocycles. The highest BCUT2D eigenvalue weighted by Crippen LogP contribution is 2.12. The summed E-state index contributed by atoms with van der Waals surface area (Å²) < 4.78 is 18.2. The minimum Gasteiger partial charge on any atom is -0.501 e. The van der Waals surface area contributed by atoms with E-state index in [1.807, 2.05) is 6.92 Å². The number of carbonyl (C=O) groups is 1. The summed E-state index contributed by atoms with van der Waals surface area (Å²) in [5.41, 5.74) is 0.466. The zero-order valence-electron chi connectivity index (χ0n) is 8.79. The van der Waals surface area contributed by atoms with E-state index in [9.17, 15) is 9.18 Å². The van der Waals surface area contributed by atoms with Crippen molar-refractivity contribution in [2.24, 2.45) is 0 Å². The van der Waals surface area contributed by atoms with Gasteiger partial charge in [-0.25, -0.2) is 4.39 Å². The lowest BCUT2D eigenvalue weighted by Crippen LogP contribution is -2.04. The molecule has 0 fully saturated rings. The summed E-state index contributed by atoms with van der Waals surface area (Å²) in [6, 6.07) is 5.90. The van der Waals surface area contributed by atoms with Crippen molar-refractivity contribution >= 4 is 5.78 Å². The first-order valence-corrected chi connectivity index (χ1v) is 4.74. The Morgan fingerprint density at radius 1 is 1.47 bits per heavy atom. The summed E-state index contributed by atoms with van der Waals surface area (Å²) in [5.74, 6) is -0.853. The molecule has 0 unspecified atom stereocenters. The maximum atomic E-state index is 13.2. The van der Waals surface area contributed by atoms with Gasteiger partial charge in [-0.1, -0.05) is 12.1 Å². The normalized spacial score (nSPS) is 11.3. The van der Waals surface area contributed by atoms with Crippen LogP contribution in [0, 0.1) is 5.82 Å². The standard InChI is InChI=1S/C12H13FO2/c1-3-15-8-9(2)12(14)10-6-4-5-7-11(10)13/h4-8H,3H2,1-2H3/b9-8+. The highest BCUT2D eigenvalue weighted by Gasteiger charge is 2.12. The highest BCUT2D eigenvalue weighted by molar-refractivity contribution is 6.08. The molecule has 0 aliphatic rings. The quantitative estimate of drug-likeness (QED) is 0.432.